The van der Waals surface area contributed by atoms with Gasteiger partial charge in [-0.05, 0) is 61.6 Å². The Balaban J connectivity index is 1.25. The average Bonchev–Trinajstić information content (AvgIpc) is 3.50. The third kappa shape index (κ3) is 3.94. The van der Waals surface area contributed by atoms with Crippen molar-refractivity contribution < 1.29 is 4.74 Å². The van der Waals surface area contributed by atoms with Crippen LogP contribution < -0.4 is 15.8 Å². The normalized spacial score (nSPS) is 14.4. The molecule has 3 N–H and O–H groups in total. The maximum atomic E-state index is 6.12. The quantitative estimate of drug-likeness (QED) is 0.470. The first-order valence-corrected chi connectivity index (χ1v) is 10.9. The van der Waals surface area contributed by atoms with Crippen LogP contribution >= 0.6 is 11.3 Å². The van der Waals surface area contributed by atoms with Crippen molar-refractivity contribution in [2.45, 2.75) is 12.8 Å². The molecule has 30 heavy (non-hydrogen) atoms. The molecule has 1 aliphatic rings. The molecular weight excluding hydrogens is 398 g/mol. The Morgan fingerprint density at radius 2 is 1.93 bits per heavy atom. The smallest absolute Gasteiger partial charge is 0.248 e. The Kier molecular flexibility index (Phi) is 5.20. The lowest BCUT2D eigenvalue weighted by molar-refractivity contribution is 0.238. The molecule has 0 saturated carbocycles. The highest BCUT2D eigenvalue weighted by Gasteiger charge is 2.13. The predicted octanol–water partition coefficient (Wildman–Crippen LogP) is 3.68. The Labute approximate surface area is 178 Å². The van der Waals surface area contributed by atoms with E-state index in [2.05, 4.69) is 25.3 Å². The van der Waals surface area contributed by atoms with E-state index >= 15 is 0 Å². The fourth-order valence-electron chi connectivity index (χ4n) is 3.66. The maximum absolute atomic E-state index is 6.12. The molecule has 0 atom stereocenters. The molecule has 0 aliphatic carbocycles. The predicted molar refractivity (Wildman–Crippen MR) is 120 cm³/mol. The fraction of sp³-hybridized carbons (Fsp3) is 0.286. The molecule has 1 saturated heterocycles. The highest BCUT2D eigenvalue weighted by molar-refractivity contribution is 7.17. The Bertz CT molecular complexity index is 1130. The number of thiophene rings is 1. The number of benzene rings is 1. The van der Waals surface area contributed by atoms with Crippen molar-refractivity contribution in [1.29, 1.82) is 0 Å². The lowest BCUT2D eigenvalue weighted by Crippen LogP contribution is -2.25. The minimum atomic E-state index is 0.305. The summed E-state index contributed by atoms with van der Waals surface area (Å²) in [7, 11) is 0. The second-order valence-corrected chi connectivity index (χ2v) is 8.19. The van der Waals surface area contributed by atoms with Crippen LogP contribution in [0, 0.1) is 0 Å². The van der Waals surface area contributed by atoms with E-state index < -0.39 is 0 Å². The highest BCUT2D eigenvalue weighted by atomic mass is 32.1. The molecular formula is C21H23N7OS. The van der Waals surface area contributed by atoms with Crippen molar-refractivity contribution >= 4 is 39.0 Å². The molecule has 1 fully saturated rings. The number of anilines is 3. The number of nitrogens with zero attached hydrogens (tertiary/aromatic N) is 5. The monoisotopic (exact) mass is 421 g/mol. The molecule has 1 aliphatic heterocycles. The van der Waals surface area contributed by atoms with Crippen LogP contribution in [0.15, 0.2) is 48.1 Å². The number of nitrogen functional groups attached to an aromatic ring is 1. The fourth-order valence-corrected chi connectivity index (χ4v) is 4.44. The van der Waals surface area contributed by atoms with E-state index in [4.69, 9.17) is 10.5 Å². The van der Waals surface area contributed by atoms with E-state index in [-0.39, 0.29) is 0 Å². The van der Waals surface area contributed by atoms with Crippen molar-refractivity contribution in [1.82, 2.24) is 24.6 Å². The minimum absolute atomic E-state index is 0.305. The standard InChI is InChI=1S/C21H23N7OS/c22-20-25-21(26-28(20)18-13-23-14-19-17(18)7-12-30-19)24-15-3-5-16(6-4-15)29-11-10-27-8-1-2-9-27/h3-7,12-14H,1-2,8-11H2,(H3,22,24,25,26). The van der Waals surface area contributed by atoms with Crippen LogP contribution in [0.3, 0.4) is 0 Å². The molecule has 0 bridgehead atoms. The van der Waals surface area contributed by atoms with Crippen LogP contribution in [0.25, 0.3) is 15.8 Å². The van der Waals surface area contributed by atoms with Crippen molar-refractivity contribution in [2.24, 2.45) is 0 Å². The summed E-state index contributed by atoms with van der Waals surface area (Å²) in [6.07, 6.45) is 6.18. The van der Waals surface area contributed by atoms with Crippen LogP contribution in [0.4, 0.5) is 17.6 Å². The molecule has 0 amide bonds. The summed E-state index contributed by atoms with van der Waals surface area (Å²) in [5.41, 5.74) is 7.80. The zero-order valence-electron chi connectivity index (χ0n) is 16.5. The molecule has 154 valence electrons. The number of nitrogens with two attached hydrogens (primary N) is 1. The van der Waals surface area contributed by atoms with Gasteiger partial charge in [0, 0.05) is 23.8 Å². The molecule has 0 spiro atoms. The SMILES string of the molecule is Nc1nc(Nc2ccc(OCCN3CCCC3)cc2)nn1-c1cncc2sccc12. The molecule has 9 heteroatoms. The van der Waals surface area contributed by atoms with Gasteiger partial charge in [-0.1, -0.05) is 0 Å². The van der Waals surface area contributed by atoms with E-state index in [0.717, 1.165) is 33.8 Å². The van der Waals surface area contributed by atoms with Crippen molar-refractivity contribution in [3.8, 4) is 11.4 Å². The molecule has 0 radical (unpaired) electrons. The van der Waals surface area contributed by atoms with Crippen molar-refractivity contribution in [3.63, 3.8) is 0 Å². The van der Waals surface area contributed by atoms with Crippen LogP contribution in [0.5, 0.6) is 5.75 Å². The third-order valence-electron chi connectivity index (χ3n) is 5.21. The van der Waals surface area contributed by atoms with Gasteiger partial charge in [-0.15, -0.1) is 16.4 Å². The van der Waals surface area contributed by atoms with E-state index in [9.17, 15) is 0 Å². The van der Waals surface area contributed by atoms with Crippen LogP contribution in [-0.2, 0) is 0 Å². The second kappa shape index (κ2) is 8.29. The summed E-state index contributed by atoms with van der Waals surface area (Å²) in [6, 6.07) is 9.82. The largest absolute Gasteiger partial charge is 0.492 e. The summed E-state index contributed by atoms with van der Waals surface area (Å²) in [5, 5.41) is 10.8. The first kappa shape index (κ1) is 18.8. The number of aromatic nitrogens is 4. The van der Waals surface area contributed by atoms with E-state index in [0.29, 0.717) is 18.5 Å². The van der Waals surface area contributed by atoms with Crippen LogP contribution in [0.1, 0.15) is 12.8 Å². The van der Waals surface area contributed by atoms with Gasteiger partial charge >= 0.3 is 0 Å². The van der Waals surface area contributed by atoms with E-state index in [1.165, 1.54) is 25.9 Å². The van der Waals surface area contributed by atoms with Gasteiger partial charge in [0.05, 0.1) is 16.6 Å². The average molecular weight is 422 g/mol. The number of ether oxygens (including phenoxy) is 1. The number of hydrogen-bond acceptors (Lipinski definition) is 8. The Morgan fingerprint density at radius 3 is 2.77 bits per heavy atom. The highest BCUT2D eigenvalue weighted by Crippen LogP contribution is 2.27. The lowest BCUT2D eigenvalue weighted by Gasteiger charge is -2.15. The van der Waals surface area contributed by atoms with Gasteiger partial charge in [0.25, 0.3) is 0 Å². The Morgan fingerprint density at radius 1 is 1.10 bits per heavy atom. The number of nitrogens with one attached hydrogen (secondary N) is 1. The van der Waals surface area contributed by atoms with Crippen molar-refractivity contribution in [3.05, 3.63) is 48.1 Å². The molecule has 4 heterocycles. The zero-order valence-corrected chi connectivity index (χ0v) is 17.3. The van der Waals surface area contributed by atoms with Gasteiger partial charge in [0.15, 0.2) is 0 Å². The topological polar surface area (TPSA) is 94.1 Å². The number of fused-ring (bicyclic) bond motifs is 1. The van der Waals surface area contributed by atoms with Crippen molar-refractivity contribution in [2.75, 3.05) is 37.3 Å². The zero-order chi connectivity index (χ0) is 20.3. The first-order valence-electron chi connectivity index (χ1n) is 10.0. The lowest BCUT2D eigenvalue weighted by atomic mass is 10.3. The molecule has 8 nitrogen and oxygen atoms in total. The first-order chi connectivity index (χ1) is 14.8. The molecule has 4 aromatic rings. The number of pyridine rings is 1. The molecule has 1 aromatic carbocycles. The summed E-state index contributed by atoms with van der Waals surface area (Å²) in [6.45, 7) is 4.06. The van der Waals surface area contributed by atoms with Gasteiger partial charge in [-0.2, -0.15) is 9.67 Å². The summed E-state index contributed by atoms with van der Waals surface area (Å²) in [4.78, 5) is 11.1. The minimum Gasteiger partial charge on any atom is -0.492 e. The van der Waals surface area contributed by atoms with E-state index in [1.807, 2.05) is 41.9 Å². The number of likely N-dealkylation sites (tertiary alicyclic amines) is 1. The van der Waals surface area contributed by atoms with Gasteiger partial charge in [-0.25, -0.2) is 0 Å². The van der Waals surface area contributed by atoms with Gasteiger partial charge in [0.2, 0.25) is 11.9 Å². The Hall–Kier alpha value is -3.17. The summed E-state index contributed by atoms with van der Waals surface area (Å²) < 4.78 is 8.55. The molecule has 3 aromatic heterocycles. The third-order valence-corrected chi connectivity index (χ3v) is 6.06. The second-order valence-electron chi connectivity index (χ2n) is 7.24. The summed E-state index contributed by atoms with van der Waals surface area (Å²) in [5.74, 6) is 1.59. The van der Waals surface area contributed by atoms with Crippen LogP contribution in [-0.4, -0.2) is 50.9 Å². The van der Waals surface area contributed by atoms with Gasteiger partial charge in [0.1, 0.15) is 12.4 Å². The maximum Gasteiger partial charge on any atom is 0.248 e. The molecule has 0 unspecified atom stereocenters. The van der Waals surface area contributed by atoms with Gasteiger partial charge in [-0.3, -0.25) is 9.88 Å². The molecule has 5 rings (SSSR count). The summed E-state index contributed by atoms with van der Waals surface area (Å²) >= 11 is 1.63. The van der Waals surface area contributed by atoms with E-state index in [1.54, 1.807) is 22.2 Å². The van der Waals surface area contributed by atoms with Gasteiger partial charge < -0.3 is 15.8 Å². The van der Waals surface area contributed by atoms with Crippen LogP contribution in [0.2, 0.25) is 0 Å². The number of rotatable bonds is 7. The number of hydrogen-bond donors (Lipinski definition) is 2.